The summed E-state index contributed by atoms with van der Waals surface area (Å²) in [6.07, 6.45) is 1.91. The van der Waals surface area contributed by atoms with Gasteiger partial charge in [-0.1, -0.05) is 25.1 Å². The summed E-state index contributed by atoms with van der Waals surface area (Å²) in [5.41, 5.74) is 0.963. The highest BCUT2D eigenvalue weighted by Gasteiger charge is 2.26. The highest BCUT2D eigenvalue weighted by Crippen LogP contribution is 2.33. The summed E-state index contributed by atoms with van der Waals surface area (Å²) >= 11 is 0. The number of hydrogen-bond acceptors (Lipinski definition) is 7. The van der Waals surface area contributed by atoms with E-state index in [1.807, 2.05) is 13.0 Å². The Bertz CT molecular complexity index is 1920. The molecular formula is C34H33FN4O6. The summed E-state index contributed by atoms with van der Waals surface area (Å²) in [6, 6.07) is 19.7. The fourth-order valence-corrected chi connectivity index (χ4v) is 5.01. The summed E-state index contributed by atoms with van der Waals surface area (Å²) in [5, 5.41) is 3.30. The van der Waals surface area contributed by atoms with Crippen LogP contribution in [0.3, 0.4) is 0 Å². The van der Waals surface area contributed by atoms with Crippen LogP contribution in [0.1, 0.15) is 42.7 Å². The molecule has 0 fully saturated rings. The Balaban J connectivity index is 1.41. The third-order valence-electron chi connectivity index (χ3n) is 7.16. The number of para-hydroxylation sites is 1. The van der Waals surface area contributed by atoms with Crippen LogP contribution in [-0.2, 0) is 16.1 Å². The Morgan fingerprint density at radius 2 is 1.80 bits per heavy atom. The van der Waals surface area contributed by atoms with E-state index in [0.717, 1.165) is 6.07 Å². The topological polar surface area (TPSA) is 114 Å². The zero-order valence-corrected chi connectivity index (χ0v) is 25.4. The molecule has 45 heavy (non-hydrogen) atoms. The minimum atomic E-state index is -0.718. The number of amides is 1. The number of aromatic nitrogens is 3. The van der Waals surface area contributed by atoms with E-state index in [-0.39, 0.29) is 35.9 Å². The lowest BCUT2D eigenvalue weighted by Gasteiger charge is -2.18. The maximum atomic E-state index is 15.2. The zero-order valence-electron chi connectivity index (χ0n) is 25.4. The van der Waals surface area contributed by atoms with Gasteiger partial charge in [-0.2, -0.15) is 0 Å². The first-order chi connectivity index (χ1) is 21.7. The normalized spacial score (nSPS) is 11.7. The van der Waals surface area contributed by atoms with E-state index in [1.54, 1.807) is 80.4 Å². The fourth-order valence-electron chi connectivity index (χ4n) is 5.01. The average Bonchev–Trinajstić information content (AvgIpc) is 3.26. The molecular weight excluding hydrogens is 579 g/mol. The molecule has 5 aromatic rings. The van der Waals surface area contributed by atoms with E-state index in [9.17, 15) is 14.4 Å². The second-order valence-electron chi connectivity index (χ2n) is 10.4. The van der Waals surface area contributed by atoms with Crippen LogP contribution in [0.5, 0.6) is 17.2 Å². The minimum Gasteiger partial charge on any atom is -0.497 e. The summed E-state index contributed by atoms with van der Waals surface area (Å²) in [5.74, 6) is -0.801. The van der Waals surface area contributed by atoms with Crippen LogP contribution in [0.25, 0.3) is 16.6 Å². The maximum absolute atomic E-state index is 15.2. The Morgan fingerprint density at radius 1 is 1.02 bits per heavy atom. The van der Waals surface area contributed by atoms with Gasteiger partial charge in [0.25, 0.3) is 11.5 Å². The number of carbonyl (C=O) groups excluding carboxylic acids is 2. The monoisotopic (exact) mass is 612 g/mol. The van der Waals surface area contributed by atoms with E-state index in [1.165, 1.54) is 16.8 Å². The maximum Gasteiger partial charge on any atom is 0.306 e. The van der Waals surface area contributed by atoms with Crippen molar-refractivity contribution in [1.82, 2.24) is 14.3 Å². The third-order valence-corrected chi connectivity index (χ3v) is 7.16. The SMILES string of the molecule is CCCC(=O)O[C@H](C)Cn1c(C)c(C(=O)Nc2ccc(Oc3ccnc4cc(OC)ccc34)c(F)c2)c(=O)n1-c1ccccc1. The number of anilines is 1. The molecule has 0 aliphatic heterocycles. The second-order valence-corrected chi connectivity index (χ2v) is 10.4. The van der Waals surface area contributed by atoms with Crippen LogP contribution >= 0.6 is 0 Å². The number of methoxy groups -OCH3 is 1. The van der Waals surface area contributed by atoms with Gasteiger partial charge in [0.05, 0.1) is 30.6 Å². The number of halogens is 1. The molecule has 10 nitrogen and oxygen atoms in total. The molecule has 0 bridgehead atoms. The molecule has 1 atom stereocenters. The van der Waals surface area contributed by atoms with Gasteiger partial charge in [-0.3, -0.25) is 24.0 Å². The Morgan fingerprint density at radius 3 is 2.51 bits per heavy atom. The highest BCUT2D eigenvalue weighted by atomic mass is 19.1. The predicted molar refractivity (Wildman–Crippen MR) is 168 cm³/mol. The average molecular weight is 613 g/mol. The number of nitrogens with one attached hydrogen (secondary N) is 1. The van der Waals surface area contributed by atoms with Crippen molar-refractivity contribution in [3.63, 3.8) is 0 Å². The van der Waals surface area contributed by atoms with Crippen molar-refractivity contribution in [3.05, 3.63) is 106 Å². The number of benzene rings is 3. The molecule has 2 aromatic heterocycles. The summed E-state index contributed by atoms with van der Waals surface area (Å²) < 4.78 is 34.8. The molecule has 1 amide bonds. The largest absolute Gasteiger partial charge is 0.497 e. The number of ether oxygens (including phenoxy) is 3. The van der Waals surface area contributed by atoms with Crippen LogP contribution in [0.4, 0.5) is 10.1 Å². The van der Waals surface area contributed by atoms with E-state index >= 15 is 4.39 Å². The molecule has 232 valence electrons. The molecule has 0 spiro atoms. The lowest BCUT2D eigenvalue weighted by molar-refractivity contribution is -0.149. The standard InChI is InChI=1S/C34H33FN4O6/c1-5-9-31(40)44-21(2)20-38-22(3)32(34(42)39(38)24-10-7-6-8-11-24)33(41)37-23-12-15-30(27(35)18-23)45-29-16-17-36-28-19-25(43-4)13-14-26(28)29/h6-8,10-19,21H,5,9,20H2,1-4H3,(H,37,41)/t21-/m1/s1. The first-order valence-electron chi connectivity index (χ1n) is 14.5. The molecule has 5 rings (SSSR count). The van der Waals surface area contributed by atoms with Gasteiger partial charge >= 0.3 is 5.97 Å². The minimum absolute atomic E-state index is 0.0586. The number of carbonyl (C=O) groups is 2. The molecule has 3 aromatic carbocycles. The van der Waals surface area contributed by atoms with Crippen LogP contribution in [-0.4, -0.2) is 39.4 Å². The Labute approximate surface area is 259 Å². The molecule has 0 aliphatic carbocycles. The van der Waals surface area contributed by atoms with Gasteiger partial charge in [-0.25, -0.2) is 9.07 Å². The second kappa shape index (κ2) is 13.5. The summed E-state index contributed by atoms with van der Waals surface area (Å²) in [4.78, 5) is 43.6. The van der Waals surface area contributed by atoms with Gasteiger partial charge < -0.3 is 19.5 Å². The molecule has 0 saturated carbocycles. The molecule has 0 radical (unpaired) electrons. The van der Waals surface area contributed by atoms with Crippen molar-refractivity contribution in [3.8, 4) is 22.9 Å². The van der Waals surface area contributed by atoms with Crippen molar-refractivity contribution in [2.45, 2.75) is 46.3 Å². The molecule has 1 N–H and O–H groups in total. The van der Waals surface area contributed by atoms with E-state index in [4.69, 9.17) is 14.2 Å². The van der Waals surface area contributed by atoms with Gasteiger partial charge in [0.15, 0.2) is 11.6 Å². The van der Waals surface area contributed by atoms with Gasteiger partial charge in [0, 0.05) is 35.8 Å². The number of rotatable bonds is 11. The summed E-state index contributed by atoms with van der Waals surface area (Å²) in [6.45, 7) is 5.38. The van der Waals surface area contributed by atoms with Crippen molar-refractivity contribution >= 4 is 28.5 Å². The smallest absolute Gasteiger partial charge is 0.306 e. The first kappa shape index (κ1) is 31.0. The number of hydrogen-bond donors (Lipinski definition) is 1. The first-order valence-corrected chi connectivity index (χ1v) is 14.5. The van der Waals surface area contributed by atoms with Crippen LogP contribution in [0, 0.1) is 12.7 Å². The molecule has 2 heterocycles. The molecule has 0 unspecified atom stereocenters. The lowest BCUT2D eigenvalue weighted by atomic mass is 10.2. The van der Waals surface area contributed by atoms with Crippen molar-refractivity contribution in [2.24, 2.45) is 0 Å². The van der Waals surface area contributed by atoms with Gasteiger partial charge in [0.2, 0.25) is 0 Å². The van der Waals surface area contributed by atoms with Crippen molar-refractivity contribution in [2.75, 3.05) is 12.4 Å². The third kappa shape index (κ3) is 6.72. The fraction of sp³-hybridized carbons (Fsp3) is 0.235. The molecule has 11 heteroatoms. The number of pyridine rings is 1. The van der Waals surface area contributed by atoms with Crippen LogP contribution < -0.4 is 20.3 Å². The molecule has 0 saturated heterocycles. The van der Waals surface area contributed by atoms with Crippen LogP contribution in [0.2, 0.25) is 0 Å². The van der Waals surface area contributed by atoms with E-state index < -0.39 is 23.4 Å². The van der Waals surface area contributed by atoms with Crippen molar-refractivity contribution < 1.29 is 28.2 Å². The van der Waals surface area contributed by atoms with Crippen LogP contribution in [0.15, 0.2) is 83.8 Å². The van der Waals surface area contributed by atoms with Crippen molar-refractivity contribution in [1.29, 1.82) is 0 Å². The van der Waals surface area contributed by atoms with Gasteiger partial charge in [-0.15, -0.1) is 0 Å². The van der Waals surface area contributed by atoms with Gasteiger partial charge in [-0.05, 0) is 62.7 Å². The Kier molecular flexibility index (Phi) is 9.27. The number of fused-ring (bicyclic) bond motifs is 1. The quantitative estimate of drug-likeness (QED) is 0.171. The predicted octanol–water partition coefficient (Wildman–Crippen LogP) is 6.42. The van der Waals surface area contributed by atoms with E-state index in [2.05, 4.69) is 10.3 Å². The zero-order chi connectivity index (χ0) is 32.1. The molecule has 0 aliphatic rings. The highest BCUT2D eigenvalue weighted by molar-refractivity contribution is 6.05. The number of esters is 1. The van der Waals surface area contributed by atoms with E-state index in [0.29, 0.717) is 40.2 Å². The Hall–Kier alpha value is -5.45. The van der Waals surface area contributed by atoms with Gasteiger partial charge in [0.1, 0.15) is 23.2 Å². The number of nitrogens with zero attached hydrogens (tertiary/aromatic N) is 3. The summed E-state index contributed by atoms with van der Waals surface area (Å²) in [7, 11) is 1.56. The lowest BCUT2D eigenvalue weighted by Crippen LogP contribution is -2.29.